The second kappa shape index (κ2) is 55.9. The van der Waals surface area contributed by atoms with Crippen LogP contribution in [0, 0.1) is 0 Å². The molecule has 0 aliphatic heterocycles. The highest BCUT2D eigenvalue weighted by Gasteiger charge is 2.19. The van der Waals surface area contributed by atoms with E-state index in [1.54, 1.807) is 0 Å². The van der Waals surface area contributed by atoms with Crippen molar-refractivity contribution in [2.75, 3.05) is 13.2 Å². The molecule has 6 heteroatoms. The summed E-state index contributed by atoms with van der Waals surface area (Å²) in [6.07, 6.45) is 74.4. The van der Waals surface area contributed by atoms with Crippen LogP contribution in [0.15, 0.2) is 97.2 Å². The molecule has 1 atom stereocenters. The summed E-state index contributed by atoms with van der Waals surface area (Å²) in [4.78, 5) is 37.7. The lowest BCUT2D eigenvalue weighted by molar-refractivity contribution is -0.167. The number of esters is 3. The predicted octanol–water partition coefficient (Wildman–Crippen LogP) is 18.9. The Hall–Kier alpha value is -3.67. The number of ether oxygens (including phenoxy) is 3. The maximum Gasteiger partial charge on any atom is 0.306 e. The van der Waals surface area contributed by atoms with E-state index in [4.69, 9.17) is 14.2 Å². The number of unbranched alkanes of at least 4 members (excludes halogenated alkanes) is 23. The van der Waals surface area contributed by atoms with Gasteiger partial charge in [0.05, 0.1) is 0 Å². The fourth-order valence-corrected chi connectivity index (χ4v) is 7.59. The van der Waals surface area contributed by atoms with Gasteiger partial charge in [0.1, 0.15) is 13.2 Å². The summed E-state index contributed by atoms with van der Waals surface area (Å²) in [5, 5.41) is 0. The van der Waals surface area contributed by atoms with E-state index >= 15 is 0 Å². The van der Waals surface area contributed by atoms with Crippen molar-refractivity contribution in [3.8, 4) is 0 Å². The number of carbonyl (C=O) groups excluding carboxylic acids is 3. The van der Waals surface area contributed by atoms with Crippen molar-refractivity contribution in [1.29, 1.82) is 0 Å². The standard InChI is InChI=1S/C62H104O6/c1-4-7-10-13-15-17-19-21-23-24-25-26-27-28-29-30-31-32-33-34-35-36-37-38-39-41-42-44-46-49-52-55-61(64)67-58-59(57-66-60(63)54-51-48-12-9-6-3)68-62(65)56-53-50-47-45-43-40-22-20-18-16-14-11-8-5-2/h7,10,15,17,20-23,25-26,28-29,31-32,34-35,59H,4-6,8-9,11-14,16,18-19,24,27,30,33,36-58H2,1-3H3/b10-7-,17-15-,22-20-,23-21-,26-25-,29-28-,32-31-,35-34-. The van der Waals surface area contributed by atoms with Crippen LogP contribution in [0.1, 0.15) is 258 Å². The minimum atomic E-state index is -0.779. The first-order chi connectivity index (χ1) is 33.5. The molecule has 0 aromatic carbocycles. The molecule has 68 heavy (non-hydrogen) atoms. The van der Waals surface area contributed by atoms with E-state index in [9.17, 15) is 14.4 Å². The van der Waals surface area contributed by atoms with Gasteiger partial charge in [-0.25, -0.2) is 0 Å². The molecule has 1 unspecified atom stereocenters. The Kier molecular flexibility index (Phi) is 52.9. The average molecular weight is 946 g/mol. The fraction of sp³-hybridized carbons (Fsp3) is 0.694. The van der Waals surface area contributed by atoms with Crippen LogP contribution in [-0.4, -0.2) is 37.2 Å². The van der Waals surface area contributed by atoms with Gasteiger partial charge in [-0.05, 0) is 103 Å². The molecule has 6 nitrogen and oxygen atoms in total. The van der Waals surface area contributed by atoms with Gasteiger partial charge in [-0.2, -0.15) is 0 Å². The average Bonchev–Trinajstić information content (AvgIpc) is 3.34. The van der Waals surface area contributed by atoms with Crippen LogP contribution in [0.4, 0.5) is 0 Å². The quantitative estimate of drug-likeness (QED) is 0.0262. The molecule has 0 rings (SSSR count). The molecule has 0 fully saturated rings. The molecule has 0 saturated carbocycles. The minimum Gasteiger partial charge on any atom is -0.462 e. The van der Waals surface area contributed by atoms with Gasteiger partial charge in [0.25, 0.3) is 0 Å². The Morgan fingerprint density at radius 3 is 0.912 bits per heavy atom. The van der Waals surface area contributed by atoms with Crippen molar-refractivity contribution in [3.05, 3.63) is 97.2 Å². The van der Waals surface area contributed by atoms with Crippen molar-refractivity contribution >= 4 is 17.9 Å². The highest BCUT2D eigenvalue weighted by atomic mass is 16.6. The minimum absolute atomic E-state index is 0.0825. The second-order valence-electron chi connectivity index (χ2n) is 18.5. The molecule has 0 spiro atoms. The monoisotopic (exact) mass is 945 g/mol. The SMILES string of the molecule is CC/C=C\C/C=C\C/C=C\C/C=C\C/C=C\C/C=C\C/C=C\CCCCCCCCCCCC(=O)OCC(COC(=O)CCCCCCC)OC(=O)CCCCCCC/C=C\CCCCCCC. The number of rotatable bonds is 50. The Morgan fingerprint density at radius 2 is 0.574 bits per heavy atom. The maximum atomic E-state index is 12.7. The molecule has 0 aliphatic carbocycles. The van der Waals surface area contributed by atoms with Crippen LogP contribution in [0.25, 0.3) is 0 Å². The Balaban J connectivity index is 4.07. The fourth-order valence-electron chi connectivity index (χ4n) is 7.59. The zero-order valence-electron chi connectivity index (χ0n) is 44.3. The van der Waals surface area contributed by atoms with E-state index in [2.05, 4.69) is 118 Å². The third-order valence-electron chi connectivity index (χ3n) is 11.8. The summed E-state index contributed by atoms with van der Waals surface area (Å²) in [7, 11) is 0. The number of hydrogen-bond donors (Lipinski definition) is 0. The van der Waals surface area contributed by atoms with Crippen LogP contribution >= 0.6 is 0 Å². The lowest BCUT2D eigenvalue weighted by Crippen LogP contribution is -2.30. The summed E-state index contributed by atoms with van der Waals surface area (Å²) in [5.41, 5.74) is 0. The molecule has 0 aliphatic rings. The highest BCUT2D eigenvalue weighted by molar-refractivity contribution is 5.71. The van der Waals surface area contributed by atoms with Gasteiger partial charge < -0.3 is 14.2 Å². The van der Waals surface area contributed by atoms with Crippen molar-refractivity contribution < 1.29 is 28.6 Å². The zero-order chi connectivity index (χ0) is 49.3. The van der Waals surface area contributed by atoms with E-state index in [1.807, 2.05) is 0 Å². The molecule has 0 heterocycles. The first kappa shape index (κ1) is 64.3. The first-order valence-corrected chi connectivity index (χ1v) is 28.2. The lowest BCUT2D eigenvalue weighted by Gasteiger charge is -2.18. The van der Waals surface area contributed by atoms with Gasteiger partial charge in [0.15, 0.2) is 6.10 Å². The van der Waals surface area contributed by atoms with Crippen LogP contribution in [0.3, 0.4) is 0 Å². The molecule has 388 valence electrons. The number of carbonyl (C=O) groups is 3. The molecule has 0 bridgehead atoms. The van der Waals surface area contributed by atoms with Crippen LogP contribution in [-0.2, 0) is 28.6 Å². The lowest BCUT2D eigenvalue weighted by atomic mass is 10.1. The van der Waals surface area contributed by atoms with Gasteiger partial charge in [0.2, 0.25) is 0 Å². The van der Waals surface area contributed by atoms with E-state index < -0.39 is 6.10 Å². The van der Waals surface area contributed by atoms with Gasteiger partial charge in [-0.1, -0.05) is 234 Å². The van der Waals surface area contributed by atoms with Gasteiger partial charge in [0, 0.05) is 19.3 Å². The van der Waals surface area contributed by atoms with Crippen LogP contribution in [0.5, 0.6) is 0 Å². The molecule has 0 amide bonds. The number of allylic oxidation sites excluding steroid dienone is 16. The summed E-state index contributed by atoms with van der Waals surface area (Å²) in [6, 6.07) is 0. The third-order valence-corrected chi connectivity index (χ3v) is 11.8. The molecule has 0 radical (unpaired) electrons. The van der Waals surface area contributed by atoms with Crippen molar-refractivity contribution in [3.63, 3.8) is 0 Å². The van der Waals surface area contributed by atoms with Gasteiger partial charge in [-0.15, -0.1) is 0 Å². The molecule has 0 aromatic heterocycles. The van der Waals surface area contributed by atoms with E-state index in [1.165, 1.54) is 89.9 Å². The van der Waals surface area contributed by atoms with Crippen molar-refractivity contribution in [1.82, 2.24) is 0 Å². The molecule has 0 saturated heterocycles. The van der Waals surface area contributed by atoms with Crippen molar-refractivity contribution in [2.45, 2.75) is 264 Å². The summed E-state index contributed by atoms with van der Waals surface area (Å²) in [5.74, 6) is -0.911. The summed E-state index contributed by atoms with van der Waals surface area (Å²) >= 11 is 0. The van der Waals surface area contributed by atoms with Gasteiger partial charge in [-0.3, -0.25) is 14.4 Å². The smallest absolute Gasteiger partial charge is 0.306 e. The van der Waals surface area contributed by atoms with E-state index in [0.29, 0.717) is 19.3 Å². The van der Waals surface area contributed by atoms with Crippen molar-refractivity contribution in [2.24, 2.45) is 0 Å². The molecular formula is C62H104O6. The van der Waals surface area contributed by atoms with E-state index in [0.717, 1.165) is 128 Å². The summed E-state index contributed by atoms with van der Waals surface area (Å²) < 4.78 is 16.7. The highest BCUT2D eigenvalue weighted by Crippen LogP contribution is 2.14. The second-order valence-corrected chi connectivity index (χ2v) is 18.5. The van der Waals surface area contributed by atoms with Gasteiger partial charge >= 0.3 is 17.9 Å². The van der Waals surface area contributed by atoms with Crippen LogP contribution < -0.4 is 0 Å². The molecule has 0 N–H and O–H groups in total. The normalized spacial score (nSPS) is 12.8. The maximum absolute atomic E-state index is 12.7. The largest absolute Gasteiger partial charge is 0.462 e. The van der Waals surface area contributed by atoms with Crippen LogP contribution in [0.2, 0.25) is 0 Å². The number of hydrogen-bond acceptors (Lipinski definition) is 6. The first-order valence-electron chi connectivity index (χ1n) is 28.2. The topological polar surface area (TPSA) is 78.9 Å². The predicted molar refractivity (Wildman–Crippen MR) is 293 cm³/mol. The molecule has 0 aromatic rings. The Morgan fingerprint density at radius 1 is 0.309 bits per heavy atom. The zero-order valence-corrected chi connectivity index (χ0v) is 44.3. The van der Waals surface area contributed by atoms with E-state index in [-0.39, 0.29) is 31.1 Å². The summed E-state index contributed by atoms with van der Waals surface area (Å²) in [6.45, 7) is 6.42. The Labute approximate surface area is 419 Å². The Bertz CT molecular complexity index is 1360. The molecular weight excluding hydrogens is 841 g/mol. The third kappa shape index (κ3) is 53.3.